The average Bonchev–Trinajstić information content (AvgIpc) is 2.81. The van der Waals surface area contributed by atoms with Crippen molar-refractivity contribution in [1.29, 1.82) is 0 Å². The number of carboxylic acids is 1. The fourth-order valence-electron chi connectivity index (χ4n) is 3.41. The second-order valence-electron chi connectivity index (χ2n) is 6.50. The molecule has 128 valence electrons. The van der Waals surface area contributed by atoms with Crippen molar-refractivity contribution in [2.75, 3.05) is 6.54 Å². The molecule has 6 heteroatoms. The topological polar surface area (TPSA) is 82.1 Å². The van der Waals surface area contributed by atoms with E-state index in [1.54, 1.807) is 0 Å². The highest BCUT2D eigenvalue weighted by Crippen LogP contribution is 2.23. The number of carbonyl (C=O) groups is 1. The van der Waals surface area contributed by atoms with Gasteiger partial charge >= 0.3 is 5.97 Å². The summed E-state index contributed by atoms with van der Waals surface area (Å²) in [7, 11) is 0. The quantitative estimate of drug-likeness (QED) is 0.882. The first-order valence-electron chi connectivity index (χ1n) is 8.47. The van der Waals surface area contributed by atoms with Crippen LogP contribution < -0.4 is 0 Å². The number of aromatic amines is 1. The predicted octanol–water partition coefficient (Wildman–Crippen LogP) is 2.63. The molecule has 0 aromatic carbocycles. The van der Waals surface area contributed by atoms with Crippen LogP contribution in [0.25, 0.3) is 0 Å². The highest BCUT2D eigenvalue weighted by atomic mass is 16.4. The zero-order chi connectivity index (χ0) is 17.3. The molecule has 3 rings (SSSR count). The number of carboxylic acid groups (broad SMARTS) is 1. The van der Waals surface area contributed by atoms with Crippen LogP contribution in [-0.4, -0.2) is 37.5 Å². The molecule has 2 aromatic rings. The molecule has 0 radical (unpaired) electrons. The molecule has 1 aliphatic rings. The Kier molecular flexibility index (Phi) is 4.66. The number of aromatic carboxylic acids is 1. The van der Waals surface area contributed by atoms with Crippen molar-refractivity contribution in [2.24, 2.45) is 0 Å². The van der Waals surface area contributed by atoms with E-state index in [0.717, 1.165) is 67.4 Å². The van der Waals surface area contributed by atoms with Gasteiger partial charge in [0.1, 0.15) is 5.82 Å². The van der Waals surface area contributed by atoms with Gasteiger partial charge in [0, 0.05) is 61.3 Å². The number of aromatic nitrogens is 3. The molecule has 0 amide bonds. The summed E-state index contributed by atoms with van der Waals surface area (Å²) in [6, 6.07) is 0. The molecule has 0 fully saturated rings. The molecule has 2 aromatic heterocycles. The van der Waals surface area contributed by atoms with E-state index in [4.69, 9.17) is 0 Å². The summed E-state index contributed by atoms with van der Waals surface area (Å²) in [5.41, 5.74) is 5.28. The number of H-pyrrole nitrogens is 1. The van der Waals surface area contributed by atoms with Crippen LogP contribution in [0, 0.1) is 13.8 Å². The number of nitrogens with zero attached hydrogens (tertiary/aromatic N) is 3. The minimum absolute atomic E-state index is 0.398. The first kappa shape index (κ1) is 16.6. The van der Waals surface area contributed by atoms with E-state index in [1.165, 1.54) is 5.56 Å². The van der Waals surface area contributed by atoms with Gasteiger partial charge in [-0.1, -0.05) is 6.92 Å². The third-order valence-corrected chi connectivity index (χ3v) is 4.67. The summed E-state index contributed by atoms with van der Waals surface area (Å²) in [6.45, 7) is 8.28. The second kappa shape index (κ2) is 6.73. The van der Waals surface area contributed by atoms with E-state index in [0.29, 0.717) is 5.56 Å². The molecule has 3 heterocycles. The molecule has 2 N–H and O–H groups in total. The molecule has 0 spiro atoms. The van der Waals surface area contributed by atoms with Gasteiger partial charge in [-0.15, -0.1) is 0 Å². The minimum Gasteiger partial charge on any atom is -0.478 e. The largest absolute Gasteiger partial charge is 0.478 e. The molecule has 6 nitrogen and oxygen atoms in total. The molecule has 0 unspecified atom stereocenters. The van der Waals surface area contributed by atoms with Gasteiger partial charge in [0.15, 0.2) is 0 Å². The minimum atomic E-state index is -0.867. The van der Waals surface area contributed by atoms with Crippen molar-refractivity contribution >= 4 is 5.97 Å². The fourth-order valence-corrected chi connectivity index (χ4v) is 3.41. The molecule has 0 saturated carbocycles. The first-order chi connectivity index (χ1) is 11.5. The fraction of sp³-hybridized carbons (Fsp3) is 0.500. The van der Waals surface area contributed by atoms with Crippen LogP contribution >= 0.6 is 0 Å². The van der Waals surface area contributed by atoms with Gasteiger partial charge < -0.3 is 10.1 Å². The van der Waals surface area contributed by atoms with Gasteiger partial charge in [-0.25, -0.2) is 14.8 Å². The molecular formula is C18H24N4O2. The van der Waals surface area contributed by atoms with Crippen molar-refractivity contribution in [3.05, 3.63) is 45.8 Å². The van der Waals surface area contributed by atoms with Crippen LogP contribution in [0.5, 0.6) is 0 Å². The van der Waals surface area contributed by atoms with Crippen molar-refractivity contribution in [1.82, 2.24) is 19.9 Å². The zero-order valence-electron chi connectivity index (χ0n) is 14.5. The van der Waals surface area contributed by atoms with Crippen LogP contribution in [-0.2, 0) is 25.9 Å². The van der Waals surface area contributed by atoms with Gasteiger partial charge in [-0.2, -0.15) is 0 Å². The number of rotatable bonds is 5. The van der Waals surface area contributed by atoms with E-state index in [-0.39, 0.29) is 0 Å². The molecule has 24 heavy (non-hydrogen) atoms. The average molecular weight is 328 g/mol. The van der Waals surface area contributed by atoms with E-state index in [2.05, 4.69) is 26.8 Å². The van der Waals surface area contributed by atoms with E-state index in [1.807, 2.05) is 20.0 Å². The molecule has 0 bridgehead atoms. The van der Waals surface area contributed by atoms with Crippen LogP contribution in [0.15, 0.2) is 6.20 Å². The Balaban J connectivity index is 1.75. The normalized spacial score (nSPS) is 14.6. The van der Waals surface area contributed by atoms with Gasteiger partial charge in [-0.3, -0.25) is 4.90 Å². The Hall–Kier alpha value is -2.21. The van der Waals surface area contributed by atoms with Crippen LogP contribution in [0.1, 0.15) is 57.7 Å². The van der Waals surface area contributed by atoms with Gasteiger partial charge in [0.2, 0.25) is 0 Å². The number of fused-ring (bicyclic) bond motifs is 1. The Morgan fingerprint density at radius 3 is 2.88 bits per heavy atom. The maximum atomic E-state index is 11.3. The third kappa shape index (κ3) is 3.19. The van der Waals surface area contributed by atoms with Gasteiger partial charge in [0.25, 0.3) is 0 Å². The highest BCUT2D eigenvalue weighted by Gasteiger charge is 2.22. The maximum absolute atomic E-state index is 11.3. The number of hydrogen-bond donors (Lipinski definition) is 2. The van der Waals surface area contributed by atoms with Crippen molar-refractivity contribution in [3.8, 4) is 0 Å². The van der Waals surface area contributed by atoms with Crippen molar-refractivity contribution in [2.45, 2.75) is 53.1 Å². The Labute approximate surface area is 141 Å². The van der Waals surface area contributed by atoms with E-state index in [9.17, 15) is 9.90 Å². The summed E-state index contributed by atoms with van der Waals surface area (Å²) in [6.07, 6.45) is 4.85. The summed E-state index contributed by atoms with van der Waals surface area (Å²) in [5, 5.41) is 9.32. The molecule has 0 saturated heterocycles. The highest BCUT2D eigenvalue weighted by molar-refractivity contribution is 5.91. The lowest BCUT2D eigenvalue weighted by Gasteiger charge is -2.28. The van der Waals surface area contributed by atoms with Crippen LogP contribution in [0.3, 0.4) is 0 Å². The lowest BCUT2D eigenvalue weighted by atomic mass is 10.1. The maximum Gasteiger partial charge on any atom is 0.337 e. The number of nitrogens with one attached hydrogen (secondary N) is 1. The summed E-state index contributed by atoms with van der Waals surface area (Å²) in [4.78, 5) is 26.0. The molecular weight excluding hydrogens is 304 g/mol. The molecule has 0 aliphatic carbocycles. The summed E-state index contributed by atoms with van der Waals surface area (Å²) >= 11 is 0. The first-order valence-corrected chi connectivity index (χ1v) is 8.47. The van der Waals surface area contributed by atoms with Crippen LogP contribution in [0.2, 0.25) is 0 Å². The Morgan fingerprint density at radius 2 is 2.21 bits per heavy atom. The van der Waals surface area contributed by atoms with Gasteiger partial charge in [0.05, 0.1) is 5.56 Å². The second-order valence-corrected chi connectivity index (χ2v) is 6.50. The van der Waals surface area contributed by atoms with E-state index >= 15 is 0 Å². The number of aryl methyl sites for hydroxylation is 2. The Bertz CT molecular complexity index is 767. The smallest absolute Gasteiger partial charge is 0.337 e. The lowest BCUT2D eigenvalue weighted by molar-refractivity contribution is 0.0695. The number of hydrogen-bond acceptors (Lipinski definition) is 4. The Morgan fingerprint density at radius 1 is 1.42 bits per heavy atom. The monoisotopic (exact) mass is 328 g/mol. The standard InChI is InChI=1S/C18H24N4O2/c1-4-5-16-19-8-13-9-22(7-6-14(13)21-16)10-15-11(2)17(18(23)24)12(3)20-15/h8,20H,4-7,9-10H2,1-3H3,(H,23,24). The van der Waals surface area contributed by atoms with Crippen molar-refractivity contribution in [3.63, 3.8) is 0 Å². The predicted molar refractivity (Wildman–Crippen MR) is 91.1 cm³/mol. The van der Waals surface area contributed by atoms with Gasteiger partial charge in [-0.05, 0) is 25.8 Å². The zero-order valence-corrected chi connectivity index (χ0v) is 14.5. The lowest BCUT2D eigenvalue weighted by Crippen LogP contribution is -2.31. The van der Waals surface area contributed by atoms with Crippen LogP contribution in [0.4, 0.5) is 0 Å². The van der Waals surface area contributed by atoms with Crippen molar-refractivity contribution < 1.29 is 9.90 Å². The van der Waals surface area contributed by atoms with E-state index < -0.39 is 5.97 Å². The summed E-state index contributed by atoms with van der Waals surface area (Å²) < 4.78 is 0. The summed E-state index contributed by atoms with van der Waals surface area (Å²) in [5.74, 6) is 0.0694. The molecule has 0 atom stereocenters. The third-order valence-electron chi connectivity index (χ3n) is 4.67. The molecule has 1 aliphatic heterocycles. The SMILES string of the molecule is CCCc1ncc2c(n1)CCN(Cc1[nH]c(C)c(C(=O)O)c1C)C2.